The zero-order valence-corrected chi connectivity index (χ0v) is 16.8. The molecule has 1 saturated carbocycles. The fourth-order valence-electron chi connectivity index (χ4n) is 3.70. The van der Waals surface area contributed by atoms with Gasteiger partial charge in [-0.15, -0.1) is 12.4 Å². The number of nitrogens with one attached hydrogen (secondary N) is 1. The van der Waals surface area contributed by atoms with Gasteiger partial charge in [0.05, 0.1) is 19.3 Å². The van der Waals surface area contributed by atoms with Gasteiger partial charge >= 0.3 is 0 Å². The maximum Gasteiger partial charge on any atom is 0.237 e. The molecule has 0 spiro atoms. The zero-order valence-electron chi connectivity index (χ0n) is 15.9. The van der Waals surface area contributed by atoms with E-state index in [2.05, 4.69) is 5.32 Å². The van der Waals surface area contributed by atoms with Crippen molar-refractivity contribution >= 4 is 18.3 Å². The number of benzene rings is 1. The van der Waals surface area contributed by atoms with Crippen LogP contribution in [0.5, 0.6) is 11.5 Å². The molecule has 1 aromatic rings. The normalized spacial score (nSPS) is 19.2. The van der Waals surface area contributed by atoms with Crippen LogP contribution in [-0.2, 0) is 16.1 Å². The van der Waals surface area contributed by atoms with Gasteiger partial charge in [-0.3, -0.25) is 4.79 Å². The van der Waals surface area contributed by atoms with Crippen LogP contribution in [0, 0.1) is 5.92 Å². The monoisotopic (exact) mass is 398 g/mol. The number of carbonyl (C=O) groups excluding carboxylic acids is 1. The lowest BCUT2D eigenvalue weighted by atomic mass is 9.92. The number of rotatable bonds is 7. The molecule has 1 heterocycles. The van der Waals surface area contributed by atoms with E-state index in [1.807, 2.05) is 18.2 Å². The summed E-state index contributed by atoms with van der Waals surface area (Å²) in [6, 6.07) is 5.33. The molecule has 1 amide bonds. The van der Waals surface area contributed by atoms with Crippen molar-refractivity contribution in [2.75, 3.05) is 20.3 Å². The van der Waals surface area contributed by atoms with E-state index in [4.69, 9.17) is 19.9 Å². The fraction of sp³-hybridized carbons (Fsp3) is 0.650. The van der Waals surface area contributed by atoms with Crippen molar-refractivity contribution in [1.29, 1.82) is 0 Å². The van der Waals surface area contributed by atoms with Crippen LogP contribution < -0.4 is 20.5 Å². The van der Waals surface area contributed by atoms with Crippen LogP contribution in [0.25, 0.3) is 0 Å². The first kappa shape index (κ1) is 21.8. The Morgan fingerprint density at radius 2 is 1.93 bits per heavy atom. The summed E-state index contributed by atoms with van der Waals surface area (Å²) in [5, 5.41) is 2.94. The average Bonchev–Trinajstić information content (AvgIpc) is 3.20. The van der Waals surface area contributed by atoms with Crippen molar-refractivity contribution in [2.45, 2.75) is 57.2 Å². The minimum atomic E-state index is -0.481. The Hall–Kier alpha value is -1.50. The SMILES string of the molecule is COc1cc(CNC(=O)C(N)C2CCOCC2)ccc1OC1CCCC1.Cl. The largest absolute Gasteiger partial charge is 0.493 e. The number of nitrogens with two attached hydrogens (primary N) is 1. The van der Waals surface area contributed by atoms with Crippen LogP contribution in [0.2, 0.25) is 0 Å². The molecule has 152 valence electrons. The van der Waals surface area contributed by atoms with E-state index in [0.29, 0.717) is 25.5 Å². The van der Waals surface area contributed by atoms with Crippen molar-refractivity contribution in [3.63, 3.8) is 0 Å². The lowest BCUT2D eigenvalue weighted by molar-refractivity contribution is -0.124. The molecule has 27 heavy (non-hydrogen) atoms. The second-order valence-corrected chi connectivity index (χ2v) is 7.20. The van der Waals surface area contributed by atoms with Gasteiger partial charge in [-0.25, -0.2) is 0 Å². The van der Waals surface area contributed by atoms with Crippen molar-refractivity contribution in [3.05, 3.63) is 23.8 Å². The van der Waals surface area contributed by atoms with E-state index in [9.17, 15) is 4.79 Å². The van der Waals surface area contributed by atoms with E-state index in [-0.39, 0.29) is 30.3 Å². The Morgan fingerprint density at radius 1 is 1.22 bits per heavy atom. The molecule has 0 aromatic heterocycles. The first-order valence-corrected chi connectivity index (χ1v) is 9.62. The van der Waals surface area contributed by atoms with Crippen LogP contribution >= 0.6 is 12.4 Å². The van der Waals surface area contributed by atoms with Gasteiger partial charge in [0.15, 0.2) is 11.5 Å². The van der Waals surface area contributed by atoms with E-state index in [1.165, 1.54) is 12.8 Å². The number of hydrogen-bond donors (Lipinski definition) is 2. The molecule has 0 bridgehead atoms. The number of amides is 1. The van der Waals surface area contributed by atoms with Crippen LogP contribution in [0.1, 0.15) is 44.1 Å². The highest BCUT2D eigenvalue weighted by Gasteiger charge is 2.26. The quantitative estimate of drug-likeness (QED) is 0.737. The molecule has 3 rings (SSSR count). The highest BCUT2D eigenvalue weighted by Crippen LogP contribution is 2.32. The van der Waals surface area contributed by atoms with Gasteiger partial charge in [-0.05, 0) is 62.1 Å². The lowest BCUT2D eigenvalue weighted by Crippen LogP contribution is -2.46. The molecule has 1 aromatic carbocycles. The maximum atomic E-state index is 12.3. The van der Waals surface area contributed by atoms with E-state index in [0.717, 1.165) is 37.0 Å². The molecule has 7 heteroatoms. The van der Waals surface area contributed by atoms with Gasteiger partial charge in [0.1, 0.15) is 0 Å². The van der Waals surface area contributed by atoms with Crippen molar-refractivity contribution in [3.8, 4) is 11.5 Å². The first-order chi connectivity index (χ1) is 12.7. The molecule has 6 nitrogen and oxygen atoms in total. The highest BCUT2D eigenvalue weighted by atomic mass is 35.5. The van der Waals surface area contributed by atoms with E-state index in [1.54, 1.807) is 7.11 Å². The van der Waals surface area contributed by atoms with Crippen LogP contribution in [0.4, 0.5) is 0 Å². The van der Waals surface area contributed by atoms with Gasteiger partial charge in [-0.2, -0.15) is 0 Å². The molecule has 1 saturated heterocycles. The molecular weight excluding hydrogens is 368 g/mol. The molecule has 3 N–H and O–H groups in total. The summed E-state index contributed by atoms with van der Waals surface area (Å²) >= 11 is 0. The molecular formula is C20H31ClN2O4. The third-order valence-corrected chi connectivity index (χ3v) is 5.37. The van der Waals surface area contributed by atoms with E-state index >= 15 is 0 Å². The van der Waals surface area contributed by atoms with Crippen LogP contribution in [-0.4, -0.2) is 38.4 Å². The third-order valence-electron chi connectivity index (χ3n) is 5.37. The molecule has 2 fully saturated rings. The summed E-state index contributed by atoms with van der Waals surface area (Å²) in [4.78, 5) is 12.3. The van der Waals surface area contributed by atoms with Gasteiger partial charge in [0, 0.05) is 19.8 Å². The molecule has 1 aliphatic carbocycles. The Bertz CT molecular complexity index is 602. The van der Waals surface area contributed by atoms with Gasteiger partial charge in [-0.1, -0.05) is 6.07 Å². The second kappa shape index (κ2) is 10.7. The average molecular weight is 399 g/mol. The van der Waals surface area contributed by atoms with Crippen LogP contribution in [0.15, 0.2) is 18.2 Å². The number of hydrogen-bond acceptors (Lipinski definition) is 5. The number of ether oxygens (including phenoxy) is 3. The zero-order chi connectivity index (χ0) is 18.4. The number of carbonyl (C=O) groups is 1. The summed E-state index contributed by atoms with van der Waals surface area (Å²) in [5.41, 5.74) is 7.08. The third kappa shape index (κ3) is 5.99. The summed E-state index contributed by atoms with van der Waals surface area (Å²) in [6.07, 6.45) is 6.63. The predicted octanol–water partition coefficient (Wildman–Crippen LogP) is 2.81. The Labute approximate surface area is 167 Å². The Morgan fingerprint density at radius 3 is 2.59 bits per heavy atom. The summed E-state index contributed by atoms with van der Waals surface area (Å²) < 4.78 is 16.9. The predicted molar refractivity (Wildman–Crippen MR) is 106 cm³/mol. The minimum absolute atomic E-state index is 0. The summed E-state index contributed by atoms with van der Waals surface area (Å²) in [6.45, 7) is 1.80. The lowest BCUT2D eigenvalue weighted by Gasteiger charge is -2.26. The molecule has 0 radical (unpaired) electrons. The van der Waals surface area contributed by atoms with Crippen molar-refractivity contribution in [1.82, 2.24) is 5.32 Å². The Kier molecular flexibility index (Phi) is 8.67. The number of halogens is 1. The maximum absolute atomic E-state index is 12.3. The van der Waals surface area contributed by atoms with Crippen LogP contribution in [0.3, 0.4) is 0 Å². The van der Waals surface area contributed by atoms with Gasteiger partial charge in [0.2, 0.25) is 5.91 Å². The second-order valence-electron chi connectivity index (χ2n) is 7.20. The van der Waals surface area contributed by atoms with Crippen molar-refractivity contribution < 1.29 is 19.0 Å². The summed E-state index contributed by atoms with van der Waals surface area (Å²) in [7, 11) is 1.64. The molecule has 2 aliphatic rings. The molecule has 1 atom stereocenters. The highest BCUT2D eigenvalue weighted by molar-refractivity contribution is 5.85. The molecule has 1 unspecified atom stereocenters. The molecule has 1 aliphatic heterocycles. The minimum Gasteiger partial charge on any atom is -0.493 e. The number of methoxy groups -OCH3 is 1. The topological polar surface area (TPSA) is 82.8 Å². The van der Waals surface area contributed by atoms with E-state index < -0.39 is 6.04 Å². The van der Waals surface area contributed by atoms with Gasteiger partial charge in [0.25, 0.3) is 0 Å². The standard InChI is InChI=1S/C20H30N2O4.ClH/c1-24-18-12-14(6-7-17(18)26-16-4-2-3-5-16)13-22-20(23)19(21)15-8-10-25-11-9-15;/h6-7,12,15-16,19H,2-5,8-11,13,21H2,1H3,(H,22,23);1H. The fourth-order valence-corrected chi connectivity index (χ4v) is 3.70. The van der Waals surface area contributed by atoms with Gasteiger partial charge < -0.3 is 25.3 Å². The summed E-state index contributed by atoms with van der Waals surface area (Å²) in [5.74, 6) is 1.56. The first-order valence-electron chi connectivity index (χ1n) is 9.62. The Balaban J connectivity index is 0.00000261. The van der Waals surface area contributed by atoms with Crippen molar-refractivity contribution in [2.24, 2.45) is 11.7 Å². The smallest absolute Gasteiger partial charge is 0.237 e.